The Bertz CT molecular complexity index is 394. The Morgan fingerprint density at radius 3 is 2.27 bits per heavy atom. The molecule has 1 aromatic heterocycles. The number of hydrogen-bond acceptors (Lipinski definition) is 2. The van der Waals surface area contributed by atoms with Crippen molar-refractivity contribution in [2.24, 2.45) is 0 Å². The minimum Gasteiger partial charge on any atom is -0.344 e. The van der Waals surface area contributed by atoms with Crippen LogP contribution in [0.25, 0.3) is 0 Å². The van der Waals surface area contributed by atoms with Crippen LogP contribution in [0.15, 0.2) is 12.3 Å². The molecule has 1 rings (SSSR count). The third kappa shape index (κ3) is 4.77. The molecule has 2 nitrogen and oxygen atoms in total. The number of aromatic nitrogens is 1. The maximum atomic E-state index is 4.29. The highest BCUT2D eigenvalue weighted by atomic mass is 28.3. The zero-order valence-corrected chi connectivity index (χ0v) is 11.3. The van der Waals surface area contributed by atoms with Gasteiger partial charge in [-0.3, -0.25) is 4.98 Å². The molecule has 0 fully saturated rings. The summed E-state index contributed by atoms with van der Waals surface area (Å²) in [4.78, 5) is 4.29. The maximum absolute atomic E-state index is 4.29. The van der Waals surface area contributed by atoms with Gasteiger partial charge in [-0.05, 0) is 25.5 Å². The van der Waals surface area contributed by atoms with E-state index >= 15 is 0 Å². The van der Waals surface area contributed by atoms with Gasteiger partial charge in [0.1, 0.15) is 8.07 Å². The van der Waals surface area contributed by atoms with Gasteiger partial charge in [-0.15, -0.1) is 5.54 Å². The highest BCUT2D eigenvalue weighted by Crippen LogP contribution is 2.06. The standard InChI is InChI=1S/C12H17NSi.H3N/c1-10-8-12(9-13-11(10)2)6-7-14(3,4)5;/h8-9H,1-5H3;1H3. The second-order valence-corrected chi connectivity index (χ2v) is 9.38. The summed E-state index contributed by atoms with van der Waals surface area (Å²) in [7, 11) is -1.26. The minimum atomic E-state index is -1.26. The van der Waals surface area contributed by atoms with Crippen molar-refractivity contribution in [3.8, 4) is 11.5 Å². The lowest BCUT2D eigenvalue weighted by molar-refractivity contribution is 1.14. The van der Waals surface area contributed by atoms with Crippen molar-refractivity contribution >= 4 is 8.07 Å². The van der Waals surface area contributed by atoms with Crippen LogP contribution in [0.5, 0.6) is 0 Å². The van der Waals surface area contributed by atoms with Gasteiger partial charge in [-0.25, -0.2) is 0 Å². The smallest absolute Gasteiger partial charge is 0.129 e. The molecular weight excluding hydrogens is 200 g/mol. The van der Waals surface area contributed by atoms with E-state index in [9.17, 15) is 0 Å². The van der Waals surface area contributed by atoms with E-state index in [1.807, 2.05) is 13.1 Å². The van der Waals surface area contributed by atoms with Crippen LogP contribution in [-0.2, 0) is 0 Å². The van der Waals surface area contributed by atoms with Gasteiger partial charge in [0.05, 0.1) is 0 Å². The topological polar surface area (TPSA) is 47.9 Å². The predicted molar refractivity (Wildman–Crippen MR) is 69.0 cm³/mol. The summed E-state index contributed by atoms with van der Waals surface area (Å²) < 4.78 is 0. The van der Waals surface area contributed by atoms with E-state index in [0.29, 0.717) is 0 Å². The van der Waals surface area contributed by atoms with Gasteiger partial charge in [0, 0.05) is 17.5 Å². The summed E-state index contributed by atoms with van der Waals surface area (Å²) in [6.07, 6.45) is 1.86. The second kappa shape index (κ2) is 5.10. The molecule has 0 aromatic carbocycles. The number of rotatable bonds is 0. The predicted octanol–water partition coefficient (Wildman–Crippen LogP) is 3.09. The minimum absolute atomic E-state index is 0. The molecule has 0 saturated carbocycles. The van der Waals surface area contributed by atoms with E-state index in [1.165, 1.54) is 5.56 Å². The molecule has 1 heterocycles. The third-order valence-electron chi connectivity index (χ3n) is 1.92. The van der Waals surface area contributed by atoms with Crippen LogP contribution < -0.4 is 6.15 Å². The Kier molecular flexibility index (Phi) is 4.73. The number of nitrogens with zero attached hydrogens (tertiary/aromatic N) is 1. The quantitative estimate of drug-likeness (QED) is 0.539. The monoisotopic (exact) mass is 220 g/mol. The molecule has 0 atom stereocenters. The summed E-state index contributed by atoms with van der Waals surface area (Å²) in [5.41, 5.74) is 6.67. The number of pyridine rings is 1. The molecule has 0 spiro atoms. The Labute approximate surface area is 93.7 Å². The first-order valence-electron chi connectivity index (χ1n) is 4.85. The van der Waals surface area contributed by atoms with E-state index in [-0.39, 0.29) is 6.15 Å². The first-order chi connectivity index (χ1) is 6.38. The van der Waals surface area contributed by atoms with Gasteiger partial charge in [0.15, 0.2) is 0 Å². The van der Waals surface area contributed by atoms with E-state index in [4.69, 9.17) is 0 Å². The molecule has 0 amide bonds. The molecule has 0 aliphatic heterocycles. The van der Waals surface area contributed by atoms with Crippen LogP contribution in [0.4, 0.5) is 0 Å². The largest absolute Gasteiger partial charge is 0.344 e. The Morgan fingerprint density at radius 1 is 1.20 bits per heavy atom. The molecule has 0 aliphatic rings. The van der Waals surface area contributed by atoms with Crippen molar-refractivity contribution in [2.75, 3.05) is 0 Å². The summed E-state index contributed by atoms with van der Waals surface area (Å²) in [5, 5.41) is 0. The van der Waals surface area contributed by atoms with Crippen LogP contribution >= 0.6 is 0 Å². The molecular formula is C12H20N2Si. The van der Waals surface area contributed by atoms with Crippen LogP contribution in [0.3, 0.4) is 0 Å². The Morgan fingerprint density at radius 2 is 1.80 bits per heavy atom. The Balaban J connectivity index is 0.00000196. The van der Waals surface area contributed by atoms with Crippen molar-refractivity contribution < 1.29 is 0 Å². The van der Waals surface area contributed by atoms with Gasteiger partial charge in [-0.2, -0.15) is 0 Å². The van der Waals surface area contributed by atoms with E-state index in [0.717, 1.165) is 11.3 Å². The lowest BCUT2D eigenvalue weighted by atomic mass is 10.2. The zero-order chi connectivity index (χ0) is 10.8. The SMILES string of the molecule is Cc1cc(C#C[Si](C)(C)C)cnc1C.N. The fourth-order valence-corrected chi connectivity index (χ4v) is 1.49. The molecule has 3 heteroatoms. The molecule has 15 heavy (non-hydrogen) atoms. The molecule has 1 aromatic rings. The van der Waals surface area contributed by atoms with Crippen LogP contribution in [0, 0.1) is 25.3 Å². The number of aryl methyl sites for hydroxylation is 2. The molecule has 82 valence electrons. The summed E-state index contributed by atoms with van der Waals surface area (Å²) >= 11 is 0. The number of hydrogen-bond donors (Lipinski definition) is 1. The van der Waals surface area contributed by atoms with Gasteiger partial charge < -0.3 is 6.15 Å². The van der Waals surface area contributed by atoms with Crippen molar-refractivity contribution in [1.29, 1.82) is 0 Å². The molecule has 3 N–H and O–H groups in total. The fourth-order valence-electron chi connectivity index (χ4n) is 0.971. The van der Waals surface area contributed by atoms with Crippen molar-refractivity contribution in [3.63, 3.8) is 0 Å². The normalized spacial score (nSPS) is 9.93. The first-order valence-corrected chi connectivity index (χ1v) is 8.35. The van der Waals surface area contributed by atoms with Crippen molar-refractivity contribution in [3.05, 3.63) is 29.1 Å². The lowest BCUT2D eigenvalue weighted by Gasteiger charge is -2.03. The van der Waals surface area contributed by atoms with E-state index < -0.39 is 8.07 Å². The van der Waals surface area contributed by atoms with Crippen LogP contribution in [-0.4, -0.2) is 13.1 Å². The lowest BCUT2D eigenvalue weighted by Crippen LogP contribution is -2.16. The highest BCUT2D eigenvalue weighted by molar-refractivity contribution is 6.83. The molecule has 0 saturated heterocycles. The molecule has 0 radical (unpaired) electrons. The van der Waals surface area contributed by atoms with E-state index in [2.05, 4.69) is 49.1 Å². The van der Waals surface area contributed by atoms with Crippen LogP contribution in [0.1, 0.15) is 16.8 Å². The highest BCUT2D eigenvalue weighted by Gasteiger charge is 2.07. The average molecular weight is 220 g/mol. The average Bonchev–Trinajstić information content (AvgIpc) is 2.06. The van der Waals surface area contributed by atoms with Gasteiger partial charge >= 0.3 is 0 Å². The molecule has 0 unspecified atom stereocenters. The van der Waals surface area contributed by atoms with E-state index in [1.54, 1.807) is 0 Å². The second-order valence-electron chi connectivity index (χ2n) is 4.63. The van der Waals surface area contributed by atoms with Crippen molar-refractivity contribution in [2.45, 2.75) is 33.5 Å². The van der Waals surface area contributed by atoms with Gasteiger partial charge in [0.2, 0.25) is 0 Å². The zero-order valence-electron chi connectivity index (χ0n) is 10.3. The maximum Gasteiger partial charge on any atom is 0.129 e. The summed E-state index contributed by atoms with van der Waals surface area (Å²) in [6, 6.07) is 2.11. The third-order valence-corrected chi connectivity index (χ3v) is 2.80. The van der Waals surface area contributed by atoms with Crippen LogP contribution in [0.2, 0.25) is 19.6 Å². The van der Waals surface area contributed by atoms with Gasteiger partial charge in [-0.1, -0.05) is 25.6 Å². The van der Waals surface area contributed by atoms with Gasteiger partial charge in [0.25, 0.3) is 0 Å². The summed E-state index contributed by atoms with van der Waals surface area (Å²) in [5.74, 6) is 3.20. The van der Waals surface area contributed by atoms with Crippen molar-refractivity contribution in [1.82, 2.24) is 11.1 Å². The molecule has 0 aliphatic carbocycles. The summed E-state index contributed by atoms with van der Waals surface area (Å²) in [6.45, 7) is 10.8. The molecule has 0 bridgehead atoms. The fraction of sp³-hybridized carbons (Fsp3) is 0.417. The first kappa shape index (κ1) is 13.9. The Hall–Kier alpha value is -1.11.